The van der Waals surface area contributed by atoms with Gasteiger partial charge in [0.2, 0.25) is 0 Å². The molecule has 112 valence electrons. The maximum atomic E-state index is 13.1. The van der Waals surface area contributed by atoms with Crippen LogP contribution in [0.2, 0.25) is 0 Å². The number of hydrogen-bond acceptors (Lipinski definition) is 2. The minimum absolute atomic E-state index is 0.0856. The van der Waals surface area contributed by atoms with Crippen LogP contribution in [0, 0.1) is 5.82 Å². The number of unbranched alkanes of at least 4 members (excludes halogenated alkanes) is 1. The van der Waals surface area contributed by atoms with Gasteiger partial charge in [0.05, 0.1) is 4.90 Å². The highest BCUT2D eigenvalue weighted by Gasteiger charge is 2.14. The Kier molecular flexibility index (Phi) is 4.96. The third-order valence-electron chi connectivity index (χ3n) is 3.13. The van der Waals surface area contributed by atoms with Crippen LogP contribution in [0.25, 0.3) is 0 Å². The Morgan fingerprint density at radius 2 is 1.81 bits per heavy atom. The summed E-state index contributed by atoms with van der Waals surface area (Å²) in [5.74, 6) is -0.576. The van der Waals surface area contributed by atoms with Crippen molar-refractivity contribution < 1.29 is 12.8 Å². The summed E-state index contributed by atoms with van der Waals surface area (Å²) in [4.78, 5) is -0.0856. The molecule has 0 heterocycles. The summed E-state index contributed by atoms with van der Waals surface area (Å²) in [6.45, 7) is 2.13. The fraction of sp³-hybridized carbons (Fsp3) is 0.250. The molecule has 0 aliphatic rings. The Morgan fingerprint density at radius 1 is 1.10 bits per heavy atom. The number of nitrogens with one attached hydrogen (secondary N) is 1. The monoisotopic (exact) mass is 307 g/mol. The first kappa shape index (κ1) is 15.5. The van der Waals surface area contributed by atoms with Crippen molar-refractivity contribution in [2.24, 2.45) is 0 Å². The highest BCUT2D eigenvalue weighted by molar-refractivity contribution is 7.92. The molecule has 0 amide bonds. The predicted octanol–water partition coefficient (Wildman–Crippen LogP) is 3.97. The number of sulfonamides is 1. The van der Waals surface area contributed by atoms with Gasteiger partial charge in [-0.3, -0.25) is 4.72 Å². The van der Waals surface area contributed by atoms with E-state index in [0.717, 1.165) is 25.3 Å². The smallest absolute Gasteiger partial charge is 0.261 e. The lowest BCUT2D eigenvalue weighted by Gasteiger charge is -2.09. The maximum absolute atomic E-state index is 13.1. The van der Waals surface area contributed by atoms with E-state index < -0.39 is 15.8 Å². The van der Waals surface area contributed by atoms with E-state index in [1.54, 1.807) is 12.1 Å². The molecule has 3 nitrogen and oxygen atoms in total. The average Bonchev–Trinajstić information content (AvgIpc) is 2.46. The van der Waals surface area contributed by atoms with Gasteiger partial charge in [-0.2, -0.15) is 0 Å². The van der Waals surface area contributed by atoms with Crippen molar-refractivity contribution >= 4 is 15.7 Å². The lowest BCUT2D eigenvalue weighted by Crippen LogP contribution is -2.13. The van der Waals surface area contributed by atoms with Crippen LogP contribution in [0.15, 0.2) is 53.4 Å². The van der Waals surface area contributed by atoms with E-state index in [-0.39, 0.29) is 4.90 Å². The third kappa shape index (κ3) is 4.29. The van der Waals surface area contributed by atoms with Crippen LogP contribution in [0.5, 0.6) is 0 Å². The normalized spacial score (nSPS) is 11.3. The van der Waals surface area contributed by atoms with Crippen molar-refractivity contribution in [1.29, 1.82) is 0 Å². The highest BCUT2D eigenvalue weighted by atomic mass is 32.2. The van der Waals surface area contributed by atoms with Crippen LogP contribution in [-0.2, 0) is 16.4 Å². The molecule has 0 fully saturated rings. The summed E-state index contributed by atoms with van der Waals surface area (Å²) in [7, 11) is -3.76. The summed E-state index contributed by atoms with van der Waals surface area (Å²) in [5.41, 5.74) is 1.64. The van der Waals surface area contributed by atoms with Crippen molar-refractivity contribution in [1.82, 2.24) is 0 Å². The summed E-state index contributed by atoms with van der Waals surface area (Å²) in [5, 5.41) is 0. The molecule has 0 radical (unpaired) electrons. The van der Waals surface area contributed by atoms with E-state index in [9.17, 15) is 12.8 Å². The van der Waals surface area contributed by atoms with Gasteiger partial charge in [0, 0.05) is 5.69 Å². The van der Waals surface area contributed by atoms with Gasteiger partial charge in [-0.1, -0.05) is 31.5 Å². The molecular weight excluding hydrogens is 289 g/mol. The van der Waals surface area contributed by atoms with Gasteiger partial charge < -0.3 is 0 Å². The minimum Gasteiger partial charge on any atom is -0.280 e. The van der Waals surface area contributed by atoms with Gasteiger partial charge in [-0.15, -0.1) is 0 Å². The molecule has 0 aliphatic carbocycles. The number of anilines is 1. The molecule has 2 rings (SSSR count). The van der Waals surface area contributed by atoms with E-state index in [1.807, 2.05) is 12.1 Å². The molecule has 0 aromatic heterocycles. The van der Waals surface area contributed by atoms with Crippen LogP contribution in [0.3, 0.4) is 0 Å². The second-order valence-electron chi connectivity index (χ2n) is 4.86. The number of hydrogen-bond donors (Lipinski definition) is 1. The predicted molar refractivity (Wildman–Crippen MR) is 82.3 cm³/mol. The Balaban J connectivity index is 2.13. The van der Waals surface area contributed by atoms with E-state index in [0.29, 0.717) is 5.69 Å². The molecule has 0 spiro atoms. The van der Waals surface area contributed by atoms with Gasteiger partial charge in [0.25, 0.3) is 10.0 Å². The van der Waals surface area contributed by atoms with E-state index in [4.69, 9.17) is 0 Å². The van der Waals surface area contributed by atoms with Crippen LogP contribution in [0.1, 0.15) is 25.3 Å². The molecular formula is C16H18FNO2S. The van der Waals surface area contributed by atoms with Gasteiger partial charge in [0.1, 0.15) is 5.82 Å². The molecule has 2 aromatic rings. The zero-order chi connectivity index (χ0) is 15.3. The lowest BCUT2D eigenvalue weighted by atomic mass is 10.1. The molecule has 0 saturated heterocycles. The van der Waals surface area contributed by atoms with E-state index in [1.165, 1.54) is 23.8 Å². The van der Waals surface area contributed by atoms with Crippen molar-refractivity contribution in [3.05, 3.63) is 59.9 Å². The standard InChI is InChI=1S/C16H18FNO2S/c1-2-3-5-13-8-10-15(11-9-13)18-21(19,20)16-7-4-6-14(17)12-16/h4,6-12,18H,2-3,5H2,1H3. The lowest BCUT2D eigenvalue weighted by molar-refractivity contribution is 0.595. The number of rotatable bonds is 6. The van der Waals surface area contributed by atoms with Crippen molar-refractivity contribution in [2.45, 2.75) is 31.1 Å². The summed E-state index contributed by atoms with van der Waals surface area (Å²) < 4.78 is 39.8. The Hall–Kier alpha value is -1.88. The number of halogens is 1. The number of aryl methyl sites for hydroxylation is 1. The zero-order valence-electron chi connectivity index (χ0n) is 11.8. The highest BCUT2D eigenvalue weighted by Crippen LogP contribution is 2.18. The Morgan fingerprint density at radius 3 is 2.43 bits per heavy atom. The van der Waals surface area contributed by atoms with Crippen LogP contribution >= 0.6 is 0 Å². The van der Waals surface area contributed by atoms with E-state index in [2.05, 4.69) is 11.6 Å². The Labute approximate surface area is 124 Å². The summed E-state index contributed by atoms with van der Waals surface area (Å²) in [6, 6.07) is 12.2. The fourth-order valence-corrected chi connectivity index (χ4v) is 3.06. The van der Waals surface area contributed by atoms with Crippen LogP contribution in [-0.4, -0.2) is 8.42 Å². The summed E-state index contributed by atoms with van der Waals surface area (Å²) >= 11 is 0. The van der Waals surface area contributed by atoms with E-state index >= 15 is 0 Å². The molecule has 0 atom stereocenters. The van der Waals surface area contributed by atoms with Gasteiger partial charge in [-0.25, -0.2) is 12.8 Å². The average molecular weight is 307 g/mol. The van der Waals surface area contributed by atoms with Gasteiger partial charge >= 0.3 is 0 Å². The minimum atomic E-state index is -3.76. The first-order valence-electron chi connectivity index (χ1n) is 6.88. The van der Waals surface area contributed by atoms with Gasteiger partial charge in [0.15, 0.2) is 0 Å². The van der Waals surface area contributed by atoms with Crippen molar-refractivity contribution in [3.8, 4) is 0 Å². The molecule has 1 N–H and O–H groups in total. The molecule has 0 aliphatic heterocycles. The SMILES string of the molecule is CCCCc1ccc(NS(=O)(=O)c2cccc(F)c2)cc1. The molecule has 2 aromatic carbocycles. The maximum Gasteiger partial charge on any atom is 0.261 e. The van der Waals surface area contributed by atoms with Crippen molar-refractivity contribution in [2.75, 3.05) is 4.72 Å². The second-order valence-corrected chi connectivity index (χ2v) is 6.55. The first-order chi connectivity index (χ1) is 10.0. The molecule has 0 saturated carbocycles. The third-order valence-corrected chi connectivity index (χ3v) is 4.51. The quantitative estimate of drug-likeness (QED) is 0.877. The zero-order valence-corrected chi connectivity index (χ0v) is 12.7. The molecule has 21 heavy (non-hydrogen) atoms. The van der Waals surface area contributed by atoms with Crippen LogP contribution in [0.4, 0.5) is 10.1 Å². The first-order valence-corrected chi connectivity index (χ1v) is 8.37. The largest absolute Gasteiger partial charge is 0.280 e. The fourth-order valence-electron chi connectivity index (χ4n) is 1.97. The Bertz CT molecular complexity index is 696. The second kappa shape index (κ2) is 6.72. The number of benzene rings is 2. The van der Waals surface area contributed by atoms with Crippen molar-refractivity contribution in [3.63, 3.8) is 0 Å². The molecule has 0 unspecified atom stereocenters. The molecule has 5 heteroatoms. The summed E-state index contributed by atoms with van der Waals surface area (Å²) in [6.07, 6.45) is 3.20. The molecule has 0 bridgehead atoms. The topological polar surface area (TPSA) is 46.2 Å². The van der Waals surface area contributed by atoms with Gasteiger partial charge in [-0.05, 0) is 48.7 Å². The van der Waals surface area contributed by atoms with Crippen LogP contribution < -0.4 is 4.72 Å².